The predicted octanol–water partition coefficient (Wildman–Crippen LogP) is -1.11. The normalized spacial score (nSPS) is 14.9. The fourth-order valence-corrected chi connectivity index (χ4v) is 3.87. The molecular weight excluding hydrogens is 549 g/mol. The van der Waals surface area contributed by atoms with Gasteiger partial charge in [0.1, 0.15) is 23.7 Å². The first-order valence-electron chi connectivity index (χ1n) is 13.7. The summed E-state index contributed by atoms with van der Waals surface area (Å²) in [7, 11) is -1.96. The van der Waals surface area contributed by atoms with Crippen LogP contribution >= 0.6 is 0 Å². The third kappa shape index (κ3) is 13.8. The number of benzene rings is 1. The van der Waals surface area contributed by atoms with Crippen LogP contribution in [0.4, 0.5) is 4.79 Å². The lowest BCUT2D eigenvalue weighted by molar-refractivity contribution is -0.134. The van der Waals surface area contributed by atoms with E-state index in [1.165, 1.54) is 6.92 Å². The van der Waals surface area contributed by atoms with Gasteiger partial charge < -0.3 is 46.9 Å². The van der Waals surface area contributed by atoms with Crippen molar-refractivity contribution in [3.05, 3.63) is 35.9 Å². The molecular formula is C27H44BN5O9. The van der Waals surface area contributed by atoms with Crippen LogP contribution in [0.15, 0.2) is 30.3 Å². The molecule has 0 saturated carbocycles. The summed E-state index contributed by atoms with van der Waals surface area (Å²) in [5.74, 6) is -4.86. The van der Waals surface area contributed by atoms with Crippen molar-refractivity contribution in [2.75, 3.05) is 0 Å². The summed E-state index contributed by atoms with van der Waals surface area (Å²) in [5.41, 5.74) is 5.13. The van der Waals surface area contributed by atoms with E-state index in [1.807, 2.05) is 0 Å². The molecule has 42 heavy (non-hydrogen) atoms. The Balaban J connectivity index is 3.10. The average Bonchev–Trinajstić information content (AvgIpc) is 2.84. The van der Waals surface area contributed by atoms with Crippen LogP contribution in [0.3, 0.4) is 0 Å². The molecule has 1 aromatic rings. The molecule has 0 bridgehead atoms. The molecule has 0 heterocycles. The number of carbonyl (C=O) groups excluding carboxylic acids is 5. The van der Waals surface area contributed by atoms with E-state index in [-0.39, 0.29) is 18.8 Å². The summed E-state index contributed by atoms with van der Waals surface area (Å²) in [6.07, 6.45) is -2.80. The van der Waals surface area contributed by atoms with Crippen molar-refractivity contribution in [3.63, 3.8) is 0 Å². The van der Waals surface area contributed by atoms with E-state index in [0.29, 0.717) is 5.56 Å². The Kier molecular flexibility index (Phi) is 14.4. The number of aliphatic hydroxyl groups excluding tert-OH is 1. The number of alkyl carbamates (subject to hydrolysis) is 1. The number of amides is 5. The number of hydrogen-bond acceptors (Lipinski definition) is 9. The molecule has 1 aromatic carbocycles. The minimum absolute atomic E-state index is 0.0406. The Morgan fingerprint density at radius 1 is 0.881 bits per heavy atom. The predicted molar refractivity (Wildman–Crippen MR) is 154 cm³/mol. The summed E-state index contributed by atoms with van der Waals surface area (Å²) in [6.45, 7) is 9.70. The number of hydrogen-bond donors (Lipinski definition) is 8. The van der Waals surface area contributed by atoms with Gasteiger partial charge in [0.05, 0.1) is 18.5 Å². The number of aliphatic hydroxyl groups is 1. The number of ether oxygens (including phenoxy) is 1. The zero-order chi connectivity index (χ0) is 32.2. The largest absolute Gasteiger partial charge is 0.475 e. The summed E-state index contributed by atoms with van der Waals surface area (Å²) in [6, 6.07) is 4.47. The third-order valence-corrected chi connectivity index (χ3v) is 5.80. The van der Waals surface area contributed by atoms with E-state index in [2.05, 4.69) is 21.3 Å². The van der Waals surface area contributed by atoms with Crippen LogP contribution < -0.4 is 27.0 Å². The van der Waals surface area contributed by atoms with Crippen LogP contribution in [0, 0.1) is 5.92 Å². The quantitative estimate of drug-likeness (QED) is 0.115. The van der Waals surface area contributed by atoms with Gasteiger partial charge in [-0.15, -0.1) is 0 Å². The first kappa shape index (κ1) is 36.3. The molecule has 234 valence electrons. The Labute approximate surface area is 246 Å². The van der Waals surface area contributed by atoms with Crippen LogP contribution in [0.25, 0.3) is 0 Å². The number of nitrogens with two attached hydrogens (primary N) is 1. The first-order valence-corrected chi connectivity index (χ1v) is 13.7. The average molecular weight is 593 g/mol. The van der Waals surface area contributed by atoms with Gasteiger partial charge in [-0.25, -0.2) is 4.79 Å². The van der Waals surface area contributed by atoms with Crippen LogP contribution in [0.1, 0.15) is 59.9 Å². The first-order chi connectivity index (χ1) is 19.4. The van der Waals surface area contributed by atoms with Gasteiger partial charge in [0.25, 0.3) is 0 Å². The Morgan fingerprint density at radius 2 is 1.43 bits per heavy atom. The highest BCUT2D eigenvalue weighted by atomic mass is 16.6. The number of carbonyl (C=O) groups is 5. The van der Waals surface area contributed by atoms with E-state index in [0.717, 1.165) is 0 Å². The molecule has 15 heteroatoms. The zero-order valence-electron chi connectivity index (χ0n) is 24.9. The zero-order valence-corrected chi connectivity index (χ0v) is 24.9. The topological polar surface area (TPSA) is 229 Å². The molecule has 0 saturated heterocycles. The van der Waals surface area contributed by atoms with E-state index >= 15 is 0 Å². The fourth-order valence-electron chi connectivity index (χ4n) is 3.87. The smallest absolute Gasteiger partial charge is 0.444 e. The number of primary amides is 1. The molecule has 0 aliphatic carbocycles. The lowest BCUT2D eigenvalue weighted by Gasteiger charge is -2.28. The van der Waals surface area contributed by atoms with Gasteiger partial charge in [-0.3, -0.25) is 19.2 Å². The standard InChI is InChI=1S/C27H44BN5O9/c1-15(2)12-18(31-25(38)22(16(3)34)33-26(39)42-27(4,5)6)23(36)30-19(14-21(29)35)24(37)32-20(28(40)41)13-17-10-8-7-9-11-17/h7-11,15-16,18-20,22,34,40-41H,12-14H2,1-6H3,(H2,29,35)(H,30,36)(H,31,38)(H,32,37)(H,33,39)/t16-,18+,19+,20+,22+/m1/s1. The van der Waals surface area contributed by atoms with Crippen molar-refractivity contribution in [2.45, 2.75) is 96.6 Å². The lowest BCUT2D eigenvalue weighted by atomic mass is 9.75. The maximum atomic E-state index is 13.3. The van der Waals surface area contributed by atoms with Gasteiger partial charge in [-0.05, 0) is 52.0 Å². The number of nitrogens with one attached hydrogen (secondary N) is 4. The summed E-state index contributed by atoms with van der Waals surface area (Å²) in [5, 5.41) is 39.4. The molecule has 0 aliphatic rings. The lowest BCUT2D eigenvalue weighted by Crippen LogP contribution is -2.60. The minimum Gasteiger partial charge on any atom is -0.444 e. The second-order valence-corrected chi connectivity index (χ2v) is 11.5. The minimum atomic E-state index is -1.96. The third-order valence-electron chi connectivity index (χ3n) is 5.80. The van der Waals surface area contributed by atoms with Gasteiger partial charge in [0.15, 0.2) is 0 Å². The highest BCUT2D eigenvalue weighted by Crippen LogP contribution is 2.10. The highest BCUT2D eigenvalue weighted by molar-refractivity contribution is 6.43. The fraction of sp³-hybridized carbons (Fsp3) is 0.593. The van der Waals surface area contributed by atoms with Crippen molar-refractivity contribution in [2.24, 2.45) is 11.7 Å². The summed E-state index contributed by atoms with van der Waals surface area (Å²) >= 11 is 0. The van der Waals surface area contributed by atoms with Gasteiger partial charge in [0.2, 0.25) is 23.6 Å². The summed E-state index contributed by atoms with van der Waals surface area (Å²) < 4.78 is 5.14. The van der Waals surface area contributed by atoms with Crippen molar-refractivity contribution in [3.8, 4) is 0 Å². The van der Waals surface area contributed by atoms with Crippen LogP contribution in [0.2, 0.25) is 0 Å². The molecule has 5 amide bonds. The number of rotatable bonds is 15. The molecule has 0 fully saturated rings. The molecule has 0 aromatic heterocycles. The maximum absolute atomic E-state index is 13.3. The van der Waals surface area contributed by atoms with E-state index < -0.39 is 79.0 Å². The second-order valence-electron chi connectivity index (χ2n) is 11.5. The van der Waals surface area contributed by atoms with Gasteiger partial charge >= 0.3 is 13.2 Å². The van der Waals surface area contributed by atoms with Crippen LogP contribution in [0.5, 0.6) is 0 Å². The van der Waals surface area contributed by atoms with Gasteiger partial charge in [-0.1, -0.05) is 44.2 Å². The van der Waals surface area contributed by atoms with Crippen molar-refractivity contribution >= 4 is 36.8 Å². The monoisotopic (exact) mass is 593 g/mol. The molecule has 0 unspecified atom stereocenters. The van der Waals surface area contributed by atoms with Gasteiger partial charge in [-0.2, -0.15) is 0 Å². The highest BCUT2D eigenvalue weighted by Gasteiger charge is 2.35. The second kappa shape index (κ2) is 16.7. The molecule has 5 atom stereocenters. The Morgan fingerprint density at radius 3 is 1.90 bits per heavy atom. The Hall–Kier alpha value is -3.69. The van der Waals surface area contributed by atoms with Crippen molar-refractivity contribution < 1.29 is 43.9 Å². The molecule has 9 N–H and O–H groups in total. The molecule has 0 radical (unpaired) electrons. The Bertz CT molecular complexity index is 1060. The van der Waals surface area contributed by atoms with Crippen molar-refractivity contribution in [1.82, 2.24) is 21.3 Å². The molecule has 0 spiro atoms. The van der Waals surface area contributed by atoms with E-state index in [9.17, 15) is 39.1 Å². The van der Waals surface area contributed by atoms with Crippen molar-refractivity contribution in [1.29, 1.82) is 0 Å². The maximum Gasteiger partial charge on any atom is 0.475 e. The molecule has 0 aliphatic heterocycles. The molecule has 14 nitrogen and oxygen atoms in total. The SMILES string of the molecule is CC(C)C[C@H](NC(=O)[C@@H](NC(=O)OC(C)(C)C)[C@@H](C)O)C(=O)N[C@@H](CC(N)=O)C(=O)N[C@@H](Cc1ccccc1)B(O)O. The van der Waals surface area contributed by atoms with Gasteiger partial charge in [0, 0.05) is 0 Å². The van der Waals surface area contributed by atoms with E-state index in [4.69, 9.17) is 10.5 Å². The van der Waals surface area contributed by atoms with E-state index in [1.54, 1.807) is 65.0 Å². The van der Waals surface area contributed by atoms with Crippen LogP contribution in [-0.4, -0.2) is 87.8 Å². The summed E-state index contributed by atoms with van der Waals surface area (Å²) in [4.78, 5) is 63.4. The molecule has 1 rings (SSSR count). The van der Waals surface area contributed by atoms with Crippen LogP contribution in [-0.2, 0) is 30.3 Å².